The fourth-order valence-electron chi connectivity index (χ4n) is 2.86. The van der Waals surface area contributed by atoms with Gasteiger partial charge in [-0.2, -0.15) is 11.8 Å². The molecule has 2 fully saturated rings. The third-order valence-corrected chi connectivity index (χ3v) is 6.89. The smallest absolute Gasteiger partial charge is 0.150 e. The SMILES string of the molecule is CSC1CCC(NC2CCS(=O)(=O)CC2)CC1. The van der Waals surface area contributed by atoms with E-state index in [1.807, 2.05) is 11.8 Å². The molecule has 0 aromatic rings. The van der Waals surface area contributed by atoms with Crippen molar-refractivity contribution in [1.82, 2.24) is 5.32 Å². The van der Waals surface area contributed by atoms with Crippen LogP contribution in [0.3, 0.4) is 0 Å². The van der Waals surface area contributed by atoms with Gasteiger partial charge in [-0.25, -0.2) is 8.42 Å². The summed E-state index contributed by atoms with van der Waals surface area (Å²) in [5.74, 6) is 0.760. The van der Waals surface area contributed by atoms with Gasteiger partial charge in [-0.3, -0.25) is 0 Å². The van der Waals surface area contributed by atoms with Gasteiger partial charge in [0, 0.05) is 17.3 Å². The Hall–Kier alpha value is 0.260. The van der Waals surface area contributed by atoms with Gasteiger partial charge in [0.2, 0.25) is 0 Å². The zero-order chi connectivity index (χ0) is 12.3. The van der Waals surface area contributed by atoms with Crippen molar-refractivity contribution in [2.75, 3.05) is 17.8 Å². The first kappa shape index (κ1) is 13.7. The van der Waals surface area contributed by atoms with E-state index in [1.165, 1.54) is 25.7 Å². The number of nitrogens with one attached hydrogen (secondary N) is 1. The molecule has 0 radical (unpaired) electrons. The normalized spacial score (nSPS) is 34.6. The second-order valence-corrected chi connectivity index (χ2v) is 8.74. The predicted molar refractivity (Wildman–Crippen MR) is 74.4 cm³/mol. The molecule has 1 aliphatic carbocycles. The van der Waals surface area contributed by atoms with E-state index in [2.05, 4.69) is 11.6 Å². The first-order valence-corrected chi connectivity index (χ1v) is 9.69. The Morgan fingerprint density at radius 1 is 0.941 bits per heavy atom. The number of hydrogen-bond donors (Lipinski definition) is 1. The quantitative estimate of drug-likeness (QED) is 0.855. The molecule has 1 heterocycles. The van der Waals surface area contributed by atoms with Crippen LogP contribution in [0.5, 0.6) is 0 Å². The molecule has 0 unspecified atom stereocenters. The van der Waals surface area contributed by atoms with E-state index in [-0.39, 0.29) is 0 Å². The molecular formula is C12H23NO2S2. The summed E-state index contributed by atoms with van der Waals surface area (Å²) in [6.07, 6.45) is 8.96. The van der Waals surface area contributed by atoms with Crippen LogP contribution in [0.4, 0.5) is 0 Å². The van der Waals surface area contributed by atoms with Crippen LogP contribution in [-0.4, -0.2) is 43.5 Å². The van der Waals surface area contributed by atoms with Crippen molar-refractivity contribution in [1.29, 1.82) is 0 Å². The van der Waals surface area contributed by atoms with E-state index in [0.29, 0.717) is 23.6 Å². The van der Waals surface area contributed by atoms with Gasteiger partial charge >= 0.3 is 0 Å². The third-order valence-electron chi connectivity index (χ3n) is 4.03. The van der Waals surface area contributed by atoms with Crippen LogP contribution in [0.2, 0.25) is 0 Å². The summed E-state index contributed by atoms with van der Waals surface area (Å²) in [6.45, 7) is 0. The van der Waals surface area contributed by atoms with Crippen LogP contribution in [0, 0.1) is 0 Å². The maximum atomic E-state index is 11.3. The van der Waals surface area contributed by atoms with Gasteiger partial charge in [0.25, 0.3) is 0 Å². The third kappa shape index (κ3) is 4.14. The van der Waals surface area contributed by atoms with Crippen LogP contribution >= 0.6 is 11.8 Å². The van der Waals surface area contributed by atoms with Crippen molar-refractivity contribution in [2.24, 2.45) is 0 Å². The lowest BCUT2D eigenvalue weighted by atomic mass is 9.94. The van der Waals surface area contributed by atoms with Crippen molar-refractivity contribution in [3.05, 3.63) is 0 Å². The standard InChI is InChI=1S/C12H23NO2S2/c1-16-12-4-2-10(3-5-12)13-11-6-8-17(14,15)9-7-11/h10-13H,2-9H2,1H3. The molecule has 0 spiro atoms. The van der Waals surface area contributed by atoms with Crippen LogP contribution in [0.1, 0.15) is 38.5 Å². The molecule has 0 aromatic carbocycles. The topological polar surface area (TPSA) is 46.2 Å². The number of rotatable bonds is 3. The van der Waals surface area contributed by atoms with Crippen molar-refractivity contribution in [2.45, 2.75) is 55.9 Å². The molecule has 1 saturated heterocycles. The molecule has 5 heteroatoms. The van der Waals surface area contributed by atoms with Crippen LogP contribution in [0.25, 0.3) is 0 Å². The monoisotopic (exact) mass is 277 g/mol. The van der Waals surface area contributed by atoms with Gasteiger partial charge in [0.15, 0.2) is 0 Å². The van der Waals surface area contributed by atoms with E-state index < -0.39 is 9.84 Å². The van der Waals surface area contributed by atoms with Crippen LogP contribution < -0.4 is 5.32 Å². The van der Waals surface area contributed by atoms with Gasteiger partial charge in [0.05, 0.1) is 11.5 Å². The first-order chi connectivity index (χ1) is 8.09. The molecule has 2 rings (SSSR count). The summed E-state index contributed by atoms with van der Waals surface area (Å²) in [5.41, 5.74) is 0. The molecule has 17 heavy (non-hydrogen) atoms. The van der Waals surface area contributed by atoms with E-state index in [0.717, 1.165) is 18.1 Å². The fraction of sp³-hybridized carbons (Fsp3) is 1.00. The molecule has 3 nitrogen and oxygen atoms in total. The van der Waals surface area contributed by atoms with Gasteiger partial charge < -0.3 is 5.32 Å². The predicted octanol–water partition coefficient (Wildman–Crippen LogP) is 1.83. The number of sulfone groups is 1. The molecule has 2 aliphatic rings. The maximum Gasteiger partial charge on any atom is 0.150 e. The highest BCUT2D eigenvalue weighted by Gasteiger charge is 2.27. The summed E-state index contributed by atoms with van der Waals surface area (Å²) in [4.78, 5) is 0. The van der Waals surface area contributed by atoms with E-state index in [9.17, 15) is 8.42 Å². The summed E-state index contributed by atoms with van der Waals surface area (Å²) >= 11 is 1.99. The second-order valence-electron chi connectivity index (χ2n) is 5.30. The van der Waals surface area contributed by atoms with Gasteiger partial charge in [-0.05, 0) is 44.8 Å². The highest BCUT2D eigenvalue weighted by molar-refractivity contribution is 7.99. The lowest BCUT2D eigenvalue weighted by Crippen LogP contribution is -2.44. The van der Waals surface area contributed by atoms with Crippen LogP contribution in [-0.2, 0) is 9.84 Å². The Kier molecular flexibility index (Phi) is 4.78. The average Bonchev–Trinajstić information content (AvgIpc) is 2.33. The molecule has 100 valence electrons. The van der Waals surface area contributed by atoms with Crippen LogP contribution in [0.15, 0.2) is 0 Å². The molecule has 1 N–H and O–H groups in total. The first-order valence-electron chi connectivity index (χ1n) is 6.58. The van der Waals surface area contributed by atoms with Gasteiger partial charge in [-0.1, -0.05) is 0 Å². The zero-order valence-electron chi connectivity index (χ0n) is 10.5. The number of hydrogen-bond acceptors (Lipinski definition) is 4. The highest BCUT2D eigenvalue weighted by Crippen LogP contribution is 2.27. The molecule has 0 aromatic heterocycles. The zero-order valence-corrected chi connectivity index (χ0v) is 12.2. The Bertz CT molecular complexity index is 320. The van der Waals surface area contributed by atoms with E-state index in [4.69, 9.17) is 0 Å². The minimum atomic E-state index is -2.71. The van der Waals surface area contributed by atoms with Crippen molar-refractivity contribution < 1.29 is 8.42 Å². The summed E-state index contributed by atoms with van der Waals surface area (Å²) < 4.78 is 22.7. The lowest BCUT2D eigenvalue weighted by molar-refractivity contribution is 0.328. The summed E-state index contributed by atoms with van der Waals surface area (Å²) in [7, 11) is -2.71. The van der Waals surface area contributed by atoms with Crippen molar-refractivity contribution in [3.63, 3.8) is 0 Å². The lowest BCUT2D eigenvalue weighted by Gasteiger charge is -2.33. The molecule has 1 saturated carbocycles. The van der Waals surface area contributed by atoms with E-state index >= 15 is 0 Å². The van der Waals surface area contributed by atoms with E-state index in [1.54, 1.807) is 0 Å². The Morgan fingerprint density at radius 2 is 1.47 bits per heavy atom. The fourth-order valence-corrected chi connectivity index (χ4v) is 5.09. The summed E-state index contributed by atoms with van der Waals surface area (Å²) in [5, 5.41) is 4.51. The average molecular weight is 277 g/mol. The Morgan fingerprint density at radius 3 is 2.00 bits per heavy atom. The minimum absolute atomic E-state index is 0.380. The van der Waals surface area contributed by atoms with Gasteiger partial charge in [-0.15, -0.1) is 0 Å². The molecular weight excluding hydrogens is 254 g/mol. The van der Waals surface area contributed by atoms with Gasteiger partial charge in [0.1, 0.15) is 9.84 Å². The summed E-state index contributed by atoms with van der Waals surface area (Å²) in [6, 6.07) is 1.07. The Balaban J connectivity index is 1.72. The molecule has 1 aliphatic heterocycles. The second kappa shape index (κ2) is 5.93. The molecule has 0 amide bonds. The highest BCUT2D eigenvalue weighted by atomic mass is 32.2. The van der Waals surface area contributed by atoms with Crippen molar-refractivity contribution >= 4 is 21.6 Å². The number of thioether (sulfide) groups is 1. The molecule has 0 bridgehead atoms. The van der Waals surface area contributed by atoms with Crippen molar-refractivity contribution in [3.8, 4) is 0 Å². The Labute approximate surface area is 109 Å². The molecule has 0 atom stereocenters. The minimum Gasteiger partial charge on any atom is -0.311 e. The largest absolute Gasteiger partial charge is 0.311 e. The maximum absolute atomic E-state index is 11.3.